The molecule has 3 aromatic carbocycles. The number of nitrogens with one attached hydrogen (secondary N) is 1. The van der Waals surface area contributed by atoms with Crippen LogP contribution in [-0.4, -0.2) is 36.2 Å². The van der Waals surface area contributed by atoms with Gasteiger partial charge in [0.25, 0.3) is 0 Å². The molecule has 0 radical (unpaired) electrons. The molecule has 0 saturated heterocycles. The van der Waals surface area contributed by atoms with E-state index in [1.165, 1.54) is 5.56 Å². The van der Waals surface area contributed by atoms with Gasteiger partial charge in [0.05, 0.1) is 6.61 Å². The van der Waals surface area contributed by atoms with Crippen molar-refractivity contribution in [3.05, 3.63) is 83.9 Å². The Labute approximate surface area is 205 Å². The van der Waals surface area contributed by atoms with Crippen molar-refractivity contribution in [1.29, 1.82) is 0 Å². The summed E-state index contributed by atoms with van der Waals surface area (Å²) in [6.45, 7) is 3.97. The maximum atomic E-state index is 12.1. The van der Waals surface area contributed by atoms with Gasteiger partial charge in [-0.1, -0.05) is 62.4 Å². The summed E-state index contributed by atoms with van der Waals surface area (Å²) in [5.74, 6) is -1.18. The lowest BCUT2D eigenvalue weighted by molar-refractivity contribution is -0.139. The molecule has 3 aromatic rings. The highest BCUT2D eigenvalue weighted by atomic mass is 16.5. The second-order valence-electron chi connectivity index (χ2n) is 8.06. The molecule has 0 spiro atoms. The van der Waals surface area contributed by atoms with E-state index < -0.39 is 18.1 Å². The zero-order valence-electron chi connectivity index (χ0n) is 19.9. The SMILES string of the molecule is CCc1ccc(NC(=O)OCC[C@@H](C(=O)O)N(C=O)c2ccc(-c3ccc(CC)cc3)cc2)cc1. The summed E-state index contributed by atoms with van der Waals surface area (Å²) in [6.07, 6.45) is 1.59. The number of rotatable bonds is 11. The molecule has 0 aliphatic rings. The zero-order chi connectivity index (χ0) is 25.2. The topological polar surface area (TPSA) is 95.9 Å². The lowest BCUT2D eigenvalue weighted by Gasteiger charge is -2.25. The summed E-state index contributed by atoms with van der Waals surface area (Å²) in [4.78, 5) is 36.9. The number of aliphatic carboxylic acids is 1. The predicted octanol–water partition coefficient (Wildman–Crippen LogP) is 5.53. The first-order chi connectivity index (χ1) is 16.9. The van der Waals surface area contributed by atoms with Crippen LogP contribution in [-0.2, 0) is 27.2 Å². The Kier molecular flexibility index (Phi) is 9.01. The van der Waals surface area contributed by atoms with Gasteiger partial charge in [-0.2, -0.15) is 0 Å². The standard InChI is InChI=1S/C28H30N2O5/c1-3-20-5-9-22(10-6-20)23-11-15-25(16-12-23)30(19-31)26(27(32)33)17-18-35-28(34)29-24-13-7-21(4-2)8-14-24/h5-16,19,26H,3-4,17-18H2,1-2H3,(H,29,34)(H,32,33)/t26-/m0/s1. The highest BCUT2D eigenvalue weighted by Gasteiger charge is 2.26. The van der Waals surface area contributed by atoms with E-state index in [0.29, 0.717) is 17.8 Å². The maximum Gasteiger partial charge on any atom is 0.411 e. The fraction of sp³-hybridized carbons (Fsp3) is 0.250. The molecule has 1 atom stereocenters. The molecular formula is C28H30N2O5. The van der Waals surface area contributed by atoms with Crippen molar-refractivity contribution in [1.82, 2.24) is 0 Å². The number of hydrogen-bond acceptors (Lipinski definition) is 4. The van der Waals surface area contributed by atoms with E-state index >= 15 is 0 Å². The molecule has 0 fully saturated rings. The molecule has 7 heteroatoms. The van der Waals surface area contributed by atoms with E-state index in [9.17, 15) is 19.5 Å². The molecule has 0 heterocycles. The Bertz CT molecular complexity index is 1130. The molecule has 0 saturated carbocycles. The Balaban J connectivity index is 1.61. The molecule has 35 heavy (non-hydrogen) atoms. The van der Waals surface area contributed by atoms with Crippen LogP contribution in [0.2, 0.25) is 0 Å². The number of aryl methyl sites for hydroxylation is 2. The Hall–Kier alpha value is -4.13. The summed E-state index contributed by atoms with van der Waals surface area (Å²) in [6, 6.07) is 21.5. The van der Waals surface area contributed by atoms with E-state index in [2.05, 4.69) is 24.4 Å². The minimum Gasteiger partial charge on any atom is -0.480 e. The minimum absolute atomic E-state index is 0.0590. The van der Waals surface area contributed by atoms with E-state index in [0.717, 1.165) is 34.4 Å². The Morgan fingerprint density at radius 1 is 0.886 bits per heavy atom. The first kappa shape index (κ1) is 25.5. The number of carboxylic acids is 1. The van der Waals surface area contributed by atoms with Gasteiger partial charge in [0.1, 0.15) is 6.04 Å². The quantitative estimate of drug-likeness (QED) is 0.356. The highest BCUT2D eigenvalue weighted by Crippen LogP contribution is 2.25. The number of carbonyl (C=O) groups excluding carboxylic acids is 2. The van der Waals surface area contributed by atoms with E-state index in [1.54, 1.807) is 24.3 Å². The minimum atomic E-state index is -1.18. The number of carbonyl (C=O) groups is 3. The van der Waals surface area contributed by atoms with E-state index in [-0.39, 0.29) is 13.0 Å². The third-order valence-electron chi connectivity index (χ3n) is 5.83. The lowest BCUT2D eigenvalue weighted by atomic mass is 10.0. The normalized spacial score (nSPS) is 11.4. The van der Waals surface area contributed by atoms with Gasteiger partial charge in [0.2, 0.25) is 6.41 Å². The van der Waals surface area contributed by atoms with Crippen LogP contribution in [0.4, 0.5) is 16.2 Å². The summed E-state index contributed by atoms with van der Waals surface area (Å²) in [5, 5.41) is 12.3. The molecule has 0 aliphatic heterocycles. The third-order valence-corrected chi connectivity index (χ3v) is 5.83. The number of carboxylic acid groups (broad SMARTS) is 1. The van der Waals surface area contributed by atoms with Crippen molar-refractivity contribution in [3.8, 4) is 11.1 Å². The molecule has 7 nitrogen and oxygen atoms in total. The van der Waals surface area contributed by atoms with Gasteiger partial charge in [-0.15, -0.1) is 0 Å². The molecular weight excluding hydrogens is 444 g/mol. The summed E-state index contributed by atoms with van der Waals surface area (Å²) in [5.41, 5.74) is 5.41. The third kappa shape index (κ3) is 6.93. The number of hydrogen-bond donors (Lipinski definition) is 2. The highest BCUT2D eigenvalue weighted by molar-refractivity contribution is 5.88. The number of anilines is 2. The second-order valence-corrected chi connectivity index (χ2v) is 8.06. The van der Waals surface area contributed by atoms with Crippen LogP contribution < -0.4 is 10.2 Å². The number of ether oxygens (including phenoxy) is 1. The fourth-order valence-electron chi connectivity index (χ4n) is 3.70. The van der Waals surface area contributed by atoms with Crippen LogP contribution in [0.25, 0.3) is 11.1 Å². The molecule has 2 amide bonds. The van der Waals surface area contributed by atoms with Gasteiger partial charge >= 0.3 is 12.1 Å². The van der Waals surface area contributed by atoms with Crippen molar-refractivity contribution < 1.29 is 24.2 Å². The van der Waals surface area contributed by atoms with Crippen LogP contribution in [0, 0.1) is 0 Å². The average molecular weight is 475 g/mol. The van der Waals surface area contributed by atoms with Crippen molar-refractivity contribution in [2.24, 2.45) is 0 Å². The first-order valence-electron chi connectivity index (χ1n) is 11.6. The monoisotopic (exact) mass is 474 g/mol. The van der Waals surface area contributed by atoms with Crippen LogP contribution in [0.3, 0.4) is 0 Å². The molecule has 3 rings (SSSR count). The van der Waals surface area contributed by atoms with Crippen molar-refractivity contribution in [3.63, 3.8) is 0 Å². The fourth-order valence-corrected chi connectivity index (χ4v) is 3.70. The molecule has 2 N–H and O–H groups in total. The van der Waals surface area contributed by atoms with Crippen molar-refractivity contribution in [2.75, 3.05) is 16.8 Å². The van der Waals surface area contributed by atoms with Gasteiger partial charge in [-0.05, 0) is 59.4 Å². The number of benzene rings is 3. The van der Waals surface area contributed by atoms with E-state index in [1.807, 2.05) is 43.3 Å². The van der Waals surface area contributed by atoms with Crippen molar-refractivity contribution in [2.45, 2.75) is 39.2 Å². The molecule has 0 bridgehead atoms. The van der Waals surface area contributed by atoms with E-state index in [4.69, 9.17) is 4.74 Å². The largest absolute Gasteiger partial charge is 0.480 e. The summed E-state index contributed by atoms with van der Waals surface area (Å²) in [7, 11) is 0. The molecule has 182 valence electrons. The van der Waals surface area contributed by atoms with Crippen molar-refractivity contribution >= 4 is 29.8 Å². The van der Waals surface area contributed by atoms with Gasteiger partial charge in [0.15, 0.2) is 0 Å². The summed E-state index contributed by atoms with van der Waals surface area (Å²) >= 11 is 0. The van der Waals surface area contributed by atoms with Gasteiger partial charge in [0, 0.05) is 17.8 Å². The molecule has 0 aromatic heterocycles. The predicted molar refractivity (Wildman–Crippen MR) is 137 cm³/mol. The first-order valence-corrected chi connectivity index (χ1v) is 11.6. The average Bonchev–Trinajstić information content (AvgIpc) is 2.89. The molecule has 0 unspecified atom stereocenters. The smallest absolute Gasteiger partial charge is 0.411 e. The lowest BCUT2D eigenvalue weighted by Crippen LogP contribution is -2.41. The number of amides is 2. The van der Waals surface area contributed by atoms with Crippen LogP contribution in [0.5, 0.6) is 0 Å². The van der Waals surface area contributed by atoms with Gasteiger partial charge in [-0.25, -0.2) is 9.59 Å². The number of nitrogens with zero attached hydrogens (tertiary/aromatic N) is 1. The van der Waals surface area contributed by atoms with Gasteiger partial charge in [-0.3, -0.25) is 10.1 Å². The van der Waals surface area contributed by atoms with Crippen LogP contribution >= 0.6 is 0 Å². The van der Waals surface area contributed by atoms with Crippen LogP contribution in [0.1, 0.15) is 31.4 Å². The zero-order valence-corrected chi connectivity index (χ0v) is 19.9. The Morgan fingerprint density at radius 3 is 1.89 bits per heavy atom. The Morgan fingerprint density at radius 2 is 1.40 bits per heavy atom. The van der Waals surface area contributed by atoms with Crippen LogP contribution in [0.15, 0.2) is 72.8 Å². The summed E-state index contributed by atoms with van der Waals surface area (Å²) < 4.78 is 5.15. The molecule has 0 aliphatic carbocycles. The van der Waals surface area contributed by atoms with Gasteiger partial charge < -0.3 is 14.7 Å². The second kappa shape index (κ2) is 12.4. The maximum absolute atomic E-state index is 12.1.